The zero-order valence-electron chi connectivity index (χ0n) is 9.54. The lowest BCUT2D eigenvalue weighted by molar-refractivity contribution is 0.205. The van der Waals surface area contributed by atoms with E-state index in [2.05, 4.69) is 4.98 Å². The van der Waals surface area contributed by atoms with Gasteiger partial charge < -0.3 is 5.11 Å². The second-order valence-electron chi connectivity index (χ2n) is 3.58. The summed E-state index contributed by atoms with van der Waals surface area (Å²) in [7, 11) is 0. The van der Waals surface area contributed by atoms with Crippen LogP contribution in [0.15, 0.2) is 30.3 Å². The predicted octanol–water partition coefficient (Wildman–Crippen LogP) is 3.58. The average molecular weight is 248 g/mol. The van der Waals surface area contributed by atoms with Crippen LogP contribution in [0.5, 0.6) is 0 Å². The normalized spacial score (nSPS) is 10.2. The van der Waals surface area contributed by atoms with Gasteiger partial charge in [0.1, 0.15) is 5.00 Å². The summed E-state index contributed by atoms with van der Waals surface area (Å²) >= 11 is 1.38. The molecule has 0 spiro atoms. The molecule has 1 N–H and O–H groups in total. The van der Waals surface area contributed by atoms with Gasteiger partial charge in [-0.25, -0.2) is 14.7 Å². The Morgan fingerprint density at radius 1 is 1.29 bits per heavy atom. The van der Waals surface area contributed by atoms with Crippen molar-refractivity contribution in [2.24, 2.45) is 0 Å². The number of thiazole rings is 1. The molecule has 0 radical (unpaired) electrons. The van der Waals surface area contributed by atoms with Gasteiger partial charge in [-0.1, -0.05) is 18.2 Å². The Balaban J connectivity index is 2.50. The second-order valence-corrected chi connectivity index (χ2v) is 4.76. The lowest BCUT2D eigenvalue weighted by atomic mass is 10.3. The van der Waals surface area contributed by atoms with E-state index >= 15 is 0 Å². The fraction of sp³-hybridized carbons (Fsp3) is 0.167. The highest BCUT2D eigenvalue weighted by Gasteiger charge is 2.21. The van der Waals surface area contributed by atoms with Crippen LogP contribution < -0.4 is 4.90 Å². The topological polar surface area (TPSA) is 53.4 Å². The van der Waals surface area contributed by atoms with Gasteiger partial charge in [0.05, 0.1) is 16.4 Å². The van der Waals surface area contributed by atoms with Crippen molar-refractivity contribution in [3.05, 3.63) is 41.0 Å². The van der Waals surface area contributed by atoms with Crippen LogP contribution in [-0.4, -0.2) is 16.2 Å². The number of carboxylic acid groups (broad SMARTS) is 1. The SMILES string of the molecule is Cc1nc(C)c(N(C(=O)O)c2ccccc2)s1. The number of aromatic nitrogens is 1. The first kappa shape index (κ1) is 11.6. The molecule has 0 bridgehead atoms. The van der Waals surface area contributed by atoms with Gasteiger partial charge >= 0.3 is 6.09 Å². The van der Waals surface area contributed by atoms with Crippen molar-refractivity contribution in [3.8, 4) is 0 Å². The lowest BCUT2D eigenvalue weighted by Gasteiger charge is -2.17. The van der Waals surface area contributed by atoms with Gasteiger partial charge in [0.25, 0.3) is 0 Å². The fourth-order valence-electron chi connectivity index (χ4n) is 1.62. The Bertz CT molecular complexity index is 537. The lowest BCUT2D eigenvalue weighted by Crippen LogP contribution is -2.23. The molecule has 0 unspecified atom stereocenters. The number of para-hydroxylation sites is 1. The van der Waals surface area contributed by atoms with Crippen molar-refractivity contribution in [3.63, 3.8) is 0 Å². The highest BCUT2D eigenvalue weighted by Crippen LogP contribution is 2.33. The standard InChI is InChI=1S/C12H12N2O2S/c1-8-11(17-9(2)13-8)14(12(15)16)10-6-4-3-5-7-10/h3-7H,1-2H3,(H,15,16). The monoisotopic (exact) mass is 248 g/mol. The molecule has 1 aromatic carbocycles. The summed E-state index contributed by atoms with van der Waals surface area (Å²) in [5.41, 5.74) is 1.37. The molecule has 2 aromatic rings. The minimum atomic E-state index is -0.997. The number of rotatable bonds is 2. The summed E-state index contributed by atoms with van der Waals surface area (Å²) in [6.07, 6.45) is -0.997. The molecular weight excluding hydrogens is 236 g/mol. The van der Waals surface area contributed by atoms with Crippen molar-refractivity contribution >= 4 is 28.1 Å². The summed E-state index contributed by atoms with van der Waals surface area (Å²) in [6.45, 7) is 3.68. The highest BCUT2D eigenvalue weighted by molar-refractivity contribution is 7.16. The molecular formula is C12H12N2O2S. The highest BCUT2D eigenvalue weighted by atomic mass is 32.1. The molecule has 0 saturated heterocycles. The first-order valence-corrected chi connectivity index (χ1v) is 5.93. The van der Waals surface area contributed by atoms with E-state index in [0.29, 0.717) is 10.7 Å². The van der Waals surface area contributed by atoms with Crippen LogP contribution in [0.3, 0.4) is 0 Å². The smallest absolute Gasteiger partial charge is 0.417 e. The van der Waals surface area contributed by atoms with E-state index < -0.39 is 6.09 Å². The summed E-state index contributed by atoms with van der Waals surface area (Å²) < 4.78 is 0. The summed E-state index contributed by atoms with van der Waals surface area (Å²) in [5, 5.41) is 10.8. The van der Waals surface area contributed by atoms with E-state index in [1.807, 2.05) is 32.0 Å². The van der Waals surface area contributed by atoms with Crippen LogP contribution in [0.1, 0.15) is 10.7 Å². The minimum absolute atomic E-state index is 0.631. The number of anilines is 2. The van der Waals surface area contributed by atoms with Crippen molar-refractivity contribution in [2.75, 3.05) is 4.90 Å². The molecule has 0 aliphatic carbocycles. The average Bonchev–Trinajstić information content (AvgIpc) is 2.59. The first-order valence-electron chi connectivity index (χ1n) is 5.11. The number of carbonyl (C=O) groups is 1. The molecule has 0 atom stereocenters. The predicted molar refractivity (Wildman–Crippen MR) is 68.2 cm³/mol. The second kappa shape index (κ2) is 4.55. The van der Waals surface area contributed by atoms with Crippen LogP contribution in [-0.2, 0) is 0 Å². The Kier molecular flexibility index (Phi) is 3.10. The summed E-state index contributed by atoms with van der Waals surface area (Å²) in [6, 6.07) is 9.02. The molecule has 2 rings (SSSR count). The number of hydrogen-bond donors (Lipinski definition) is 1. The third kappa shape index (κ3) is 2.29. The zero-order valence-corrected chi connectivity index (χ0v) is 10.4. The maximum Gasteiger partial charge on any atom is 0.417 e. The largest absolute Gasteiger partial charge is 0.464 e. The van der Waals surface area contributed by atoms with Crippen LogP contribution in [0.2, 0.25) is 0 Å². The van der Waals surface area contributed by atoms with Crippen molar-refractivity contribution in [1.82, 2.24) is 4.98 Å². The van der Waals surface area contributed by atoms with Crippen molar-refractivity contribution in [2.45, 2.75) is 13.8 Å². The van der Waals surface area contributed by atoms with Gasteiger partial charge in [0.2, 0.25) is 0 Å². The number of amides is 1. The van der Waals surface area contributed by atoms with E-state index in [0.717, 1.165) is 10.7 Å². The Morgan fingerprint density at radius 2 is 1.94 bits per heavy atom. The first-order chi connectivity index (χ1) is 8.09. The van der Waals surface area contributed by atoms with Gasteiger partial charge in [0, 0.05) is 0 Å². The molecule has 1 aromatic heterocycles. The number of hydrogen-bond acceptors (Lipinski definition) is 3. The number of aryl methyl sites for hydroxylation is 2. The summed E-state index contributed by atoms with van der Waals surface area (Å²) in [5.74, 6) is 0. The fourth-order valence-corrected chi connectivity index (χ4v) is 2.55. The Labute approximate surface area is 103 Å². The number of benzene rings is 1. The summed E-state index contributed by atoms with van der Waals surface area (Å²) in [4.78, 5) is 16.9. The molecule has 17 heavy (non-hydrogen) atoms. The van der Waals surface area contributed by atoms with Crippen LogP contribution in [0.4, 0.5) is 15.5 Å². The van der Waals surface area contributed by atoms with E-state index in [4.69, 9.17) is 0 Å². The van der Waals surface area contributed by atoms with Crippen molar-refractivity contribution in [1.29, 1.82) is 0 Å². The van der Waals surface area contributed by atoms with Gasteiger partial charge in [-0.2, -0.15) is 0 Å². The van der Waals surface area contributed by atoms with E-state index in [9.17, 15) is 9.90 Å². The van der Waals surface area contributed by atoms with Crippen LogP contribution >= 0.6 is 11.3 Å². The molecule has 4 nitrogen and oxygen atoms in total. The van der Waals surface area contributed by atoms with Gasteiger partial charge in [0.15, 0.2) is 0 Å². The minimum Gasteiger partial charge on any atom is -0.464 e. The molecule has 0 fully saturated rings. The number of nitrogens with zero attached hydrogens (tertiary/aromatic N) is 2. The third-order valence-electron chi connectivity index (χ3n) is 2.29. The quantitative estimate of drug-likeness (QED) is 0.883. The maximum absolute atomic E-state index is 11.4. The van der Waals surface area contributed by atoms with Gasteiger partial charge in [-0.05, 0) is 26.0 Å². The molecule has 5 heteroatoms. The molecule has 1 amide bonds. The van der Waals surface area contributed by atoms with Gasteiger partial charge in [-0.3, -0.25) is 0 Å². The maximum atomic E-state index is 11.4. The molecule has 0 aliphatic heterocycles. The van der Waals surface area contributed by atoms with Crippen LogP contribution in [0, 0.1) is 13.8 Å². The Hall–Kier alpha value is -1.88. The third-order valence-corrected chi connectivity index (χ3v) is 3.35. The van der Waals surface area contributed by atoms with E-state index in [-0.39, 0.29) is 0 Å². The molecule has 0 aliphatic rings. The molecule has 0 saturated carbocycles. The molecule has 88 valence electrons. The molecule has 1 heterocycles. The van der Waals surface area contributed by atoms with Crippen LogP contribution in [0.25, 0.3) is 0 Å². The Morgan fingerprint density at radius 3 is 2.41 bits per heavy atom. The van der Waals surface area contributed by atoms with Gasteiger partial charge in [-0.15, -0.1) is 11.3 Å². The zero-order chi connectivity index (χ0) is 12.4. The van der Waals surface area contributed by atoms with E-state index in [1.165, 1.54) is 16.2 Å². The van der Waals surface area contributed by atoms with Crippen molar-refractivity contribution < 1.29 is 9.90 Å². The van der Waals surface area contributed by atoms with E-state index in [1.54, 1.807) is 12.1 Å².